The third-order valence-electron chi connectivity index (χ3n) is 2.08. The van der Waals surface area contributed by atoms with E-state index in [0.717, 1.165) is 22.6 Å². The van der Waals surface area contributed by atoms with Crippen LogP contribution in [-0.2, 0) is 0 Å². The quantitative estimate of drug-likeness (QED) is 0.822. The Balaban J connectivity index is 3.24. The summed E-state index contributed by atoms with van der Waals surface area (Å²) in [6, 6.07) is 3.86. The molecule has 82 valence electrons. The minimum Gasteiger partial charge on any atom is -0.496 e. The van der Waals surface area contributed by atoms with Crippen molar-refractivity contribution in [3.63, 3.8) is 0 Å². The zero-order chi connectivity index (χ0) is 11.3. The first-order valence-electron chi connectivity index (χ1n) is 4.73. The van der Waals surface area contributed by atoms with E-state index in [4.69, 9.17) is 14.6 Å². The van der Waals surface area contributed by atoms with Gasteiger partial charge in [0.05, 0.1) is 26.4 Å². The largest absolute Gasteiger partial charge is 0.496 e. The molecular formula is C12H16O3. The third kappa shape index (κ3) is 2.73. The summed E-state index contributed by atoms with van der Waals surface area (Å²) in [5.74, 6) is 1.49. The molecule has 0 aliphatic heterocycles. The number of aliphatic hydroxyl groups excluding tert-OH is 1. The average molecular weight is 208 g/mol. The molecule has 0 aliphatic carbocycles. The number of ether oxygens (including phenoxy) is 2. The van der Waals surface area contributed by atoms with Crippen molar-refractivity contribution >= 4 is 6.08 Å². The molecule has 1 aromatic rings. The van der Waals surface area contributed by atoms with Crippen LogP contribution in [-0.4, -0.2) is 25.9 Å². The summed E-state index contributed by atoms with van der Waals surface area (Å²) in [5.41, 5.74) is 1.92. The predicted octanol–water partition coefficient (Wildman–Crippen LogP) is 2.02. The van der Waals surface area contributed by atoms with Crippen molar-refractivity contribution in [1.29, 1.82) is 0 Å². The Hall–Kier alpha value is -1.48. The fourth-order valence-electron chi connectivity index (χ4n) is 1.40. The number of rotatable bonds is 4. The second-order valence-electron chi connectivity index (χ2n) is 3.17. The molecule has 0 aromatic heterocycles. The second-order valence-corrected chi connectivity index (χ2v) is 3.17. The van der Waals surface area contributed by atoms with E-state index in [1.807, 2.05) is 19.1 Å². The summed E-state index contributed by atoms with van der Waals surface area (Å²) < 4.78 is 10.5. The Morgan fingerprint density at radius 2 is 1.73 bits per heavy atom. The standard InChI is InChI=1S/C12H16O3/c1-9-7-11(14-2)10(5-4-6-13)12(8-9)15-3/h4-5,7-8,13H,6H2,1-3H3/b5-4+. The Labute approximate surface area is 90.0 Å². The van der Waals surface area contributed by atoms with Gasteiger partial charge in [0.15, 0.2) is 0 Å². The van der Waals surface area contributed by atoms with Gasteiger partial charge in [-0.2, -0.15) is 0 Å². The maximum absolute atomic E-state index is 8.74. The molecule has 15 heavy (non-hydrogen) atoms. The maximum atomic E-state index is 8.74. The Bertz CT molecular complexity index is 331. The summed E-state index contributed by atoms with van der Waals surface area (Å²) >= 11 is 0. The van der Waals surface area contributed by atoms with Crippen molar-refractivity contribution in [2.45, 2.75) is 6.92 Å². The second kappa shape index (κ2) is 5.41. The average Bonchev–Trinajstić information content (AvgIpc) is 2.26. The molecule has 0 radical (unpaired) electrons. The fraction of sp³-hybridized carbons (Fsp3) is 0.333. The molecule has 1 N–H and O–H groups in total. The van der Waals surface area contributed by atoms with E-state index < -0.39 is 0 Å². The highest BCUT2D eigenvalue weighted by molar-refractivity contribution is 5.65. The highest BCUT2D eigenvalue weighted by atomic mass is 16.5. The van der Waals surface area contributed by atoms with Crippen molar-refractivity contribution in [2.75, 3.05) is 20.8 Å². The molecule has 0 bridgehead atoms. The monoisotopic (exact) mass is 208 g/mol. The topological polar surface area (TPSA) is 38.7 Å². The molecule has 0 aliphatic rings. The Morgan fingerprint density at radius 3 is 2.13 bits per heavy atom. The van der Waals surface area contributed by atoms with Crippen LogP contribution in [0.15, 0.2) is 18.2 Å². The van der Waals surface area contributed by atoms with E-state index in [9.17, 15) is 0 Å². The summed E-state index contributed by atoms with van der Waals surface area (Å²) in [6.07, 6.45) is 3.44. The van der Waals surface area contributed by atoms with Gasteiger partial charge in [0.1, 0.15) is 11.5 Å². The number of hydrogen-bond donors (Lipinski definition) is 1. The van der Waals surface area contributed by atoms with Gasteiger partial charge in [-0.15, -0.1) is 0 Å². The van der Waals surface area contributed by atoms with Crippen LogP contribution in [0.4, 0.5) is 0 Å². The zero-order valence-electron chi connectivity index (χ0n) is 9.28. The smallest absolute Gasteiger partial charge is 0.130 e. The molecule has 0 spiro atoms. The van der Waals surface area contributed by atoms with Crippen LogP contribution in [0.5, 0.6) is 11.5 Å². The summed E-state index contributed by atoms with van der Waals surface area (Å²) in [6.45, 7) is 1.98. The van der Waals surface area contributed by atoms with Crippen LogP contribution in [0.3, 0.4) is 0 Å². The molecule has 0 saturated heterocycles. The minimum absolute atomic E-state index is 0.000184. The maximum Gasteiger partial charge on any atom is 0.130 e. The van der Waals surface area contributed by atoms with Gasteiger partial charge in [-0.25, -0.2) is 0 Å². The molecular weight excluding hydrogens is 192 g/mol. The van der Waals surface area contributed by atoms with Crippen molar-refractivity contribution in [2.24, 2.45) is 0 Å². The number of methoxy groups -OCH3 is 2. The van der Waals surface area contributed by atoms with Crippen LogP contribution >= 0.6 is 0 Å². The van der Waals surface area contributed by atoms with Crippen LogP contribution < -0.4 is 9.47 Å². The molecule has 0 unspecified atom stereocenters. The van der Waals surface area contributed by atoms with E-state index >= 15 is 0 Å². The molecule has 0 saturated carbocycles. The highest BCUT2D eigenvalue weighted by Gasteiger charge is 2.07. The molecule has 3 heteroatoms. The van der Waals surface area contributed by atoms with Gasteiger partial charge in [0, 0.05) is 0 Å². The zero-order valence-corrected chi connectivity index (χ0v) is 9.28. The van der Waals surface area contributed by atoms with Gasteiger partial charge in [0.25, 0.3) is 0 Å². The first-order chi connectivity index (χ1) is 7.22. The third-order valence-corrected chi connectivity index (χ3v) is 2.08. The lowest BCUT2D eigenvalue weighted by Crippen LogP contribution is -1.93. The van der Waals surface area contributed by atoms with Gasteiger partial charge in [-0.05, 0) is 30.7 Å². The summed E-state index contributed by atoms with van der Waals surface area (Å²) in [4.78, 5) is 0. The SMILES string of the molecule is COc1cc(C)cc(OC)c1/C=C/CO. The fourth-order valence-corrected chi connectivity index (χ4v) is 1.40. The molecule has 1 rings (SSSR count). The summed E-state index contributed by atoms with van der Waals surface area (Å²) in [7, 11) is 3.23. The molecule has 1 aromatic carbocycles. The number of hydrogen-bond acceptors (Lipinski definition) is 3. The predicted molar refractivity (Wildman–Crippen MR) is 60.4 cm³/mol. The van der Waals surface area contributed by atoms with Gasteiger partial charge >= 0.3 is 0 Å². The Morgan fingerprint density at radius 1 is 1.20 bits per heavy atom. The van der Waals surface area contributed by atoms with E-state index in [2.05, 4.69) is 0 Å². The van der Waals surface area contributed by atoms with Crippen LogP contribution in [0.25, 0.3) is 6.08 Å². The van der Waals surface area contributed by atoms with Gasteiger partial charge in [-0.1, -0.05) is 6.08 Å². The minimum atomic E-state index is 0.000184. The van der Waals surface area contributed by atoms with E-state index in [0.29, 0.717) is 0 Å². The molecule has 3 nitrogen and oxygen atoms in total. The molecule has 0 amide bonds. The van der Waals surface area contributed by atoms with Crippen molar-refractivity contribution in [3.05, 3.63) is 29.3 Å². The van der Waals surface area contributed by atoms with E-state index in [1.165, 1.54) is 0 Å². The van der Waals surface area contributed by atoms with E-state index in [-0.39, 0.29) is 6.61 Å². The highest BCUT2D eigenvalue weighted by Crippen LogP contribution is 2.31. The van der Waals surface area contributed by atoms with Crippen molar-refractivity contribution < 1.29 is 14.6 Å². The number of benzene rings is 1. The van der Waals surface area contributed by atoms with Gasteiger partial charge < -0.3 is 14.6 Å². The first-order valence-corrected chi connectivity index (χ1v) is 4.73. The van der Waals surface area contributed by atoms with Gasteiger partial charge in [-0.3, -0.25) is 0 Å². The van der Waals surface area contributed by atoms with Crippen molar-refractivity contribution in [1.82, 2.24) is 0 Å². The van der Waals surface area contributed by atoms with E-state index in [1.54, 1.807) is 26.4 Å². The van der Waals surface area contributed by atoms with Gasteiger partial charge in [0.2, 0.25) is 0 Å². The molecule has 0 heterocycles. The lowest BCUT2D eigenvalue weighted by Gasteiger charge is -2.11. The number of aliphatic hydroxyl groups is 1. The normalized spacial score (nSPS) is 10.7. The molecule has 0 fully saturated rings. The van der Waals surface area contributed by atoms with Crippen LogP contribution in [0, 0.1) is 6.92 Å². The van der Waals surface area contributed by atoms with Crippen molar-refractivity contribution in [3.8, 4) is 11.5 Å². The summed E-state index contributed by atoms with van der Waals surface area (Å²) in [5, 5.41) is 8.74. The molecule has 0 atom stereocenters. The lowest BCUT2D eigenvalue weighted by atomic mass is 10.1. The van der Waals surface area contributed by atoms with Crippen LogP contribution in [0.2, 0.25) is 0 Å². The number of aryl methyl sites for hydroxylation is 1. The lowest BCUT2D eigenvalue weighted by molar-refractivity contribution is 0.343. The first kappa shape index (κ1) is 11.6. The Kier molecular flexibility index (Phi) is 4.18. The van der Waals surface area contributed by atoms with Crippen LogP contribution in [0.1, 0.15) is 11.1 Å².